The van der Waals surface area contributed by atoms with E-state index in [1.54, 1.807) is 6.07 Å². The van der Waals surface area contributed by atoms with Gasteiger partial charge in [0.15, 0.2) is 0 Å². The number of rotatable bonds is 4. The number of hydrogen-bond donors (Lipinski definition) is 1. The molecule has 106 valence electrons. The fraction of sp³-hybridized carbons (Fsp3) is 0.250. The van der Waals surface area contributed by atoms with Gasteiger partial charge >= 0.3 is 6.18 Å². The Morgan fingerprint density at radius 1 is 0.950 bits per heavy atom. The summed E-state index contributed by atoms with van der Waals surface area (Å²) in [4.78, 5) is 0. The zero-order valence-corrected chi connectivity index (χ0v) is 11.2. The van der Waals surface area contributed by atoms with Crippen LogP contribution in [0.25, 0.3) is 11.1 Å². The second-order valence-corrected chi connectivity index (χ2v) is 4.63. The number of hydrogen-bond acceptors (Lipinski definition) is 1. The molecule has 0 radical (unpaired) electrons. The molecule has 0 atom stereocenters. The number of benzene rings is 2. The minimum atomic E-state index is -4.31. The molecule has 2 aromatic carbocycles. The van der Waals surface area contributed by atoms with Crippen molar-refractivity contribution in [3.63, 3.8) is 0 Å². The van der Waals surface area contributed by atoms with Crippen LogP contribution in [0.2, 0.25) is 0 Å². The first kappa shape index (κ1) is 14.6. The molecule has 0 aliphatic heterocycles. The summed E-state index contributed by atoms with van der Waals surface area (Å²) in [5, 5.41) is 3.06. The Balaban J connectivity index is 2.32. The van der Waals surface area contributed by atoms with Crippen molar-refractivity contribution in [2.24, 2.45) is 0 Å². The molecule has 1 N–H and O–H groups in total. The van der Waals surface area contributed by atoms with Crippen molar-refractivity contribution in [3.05, 3.63) is 59.7 Å². The lowest BCUT2D eigenvalue weighted by Crippen LogP contribution is -2.10. The highest BCUT2D eigenvalue weighted by Crippen LogP contribution is 2.32. The molecule has 2 rings (SSSR count). The maximum atomic E-state index is 12.7. The average Bonchev–Trinajstić information content (AvgIpc) is 2.45. The van der Waals surface area contributed by atoms with E-state index in [1.807, 2.05) is 31.3 Å². The van der Waals surface area contributed by atoms with Crippen molar-refractivity contribution in [2.45, 2.75) is 12.6 Å². The Kier molecular flexibility index (Phi) is 4.45. The van der Waals surface area contributed by atoms with Gasteiger partial charge in [-0.2, -0.15) is 13.2 Å². The lowest BCUT2D eigenvalue weighted by atomic mass is 10.00. The van der Waals surface area contributed by atoms with Crippen LogP contribution in [0.1, 0.15) is 11.1 Å². The van der Waals surface area contributed by atoms with Gasteiger partial charge in [-0.05, 0) is 48.8 Å². The largest absolute Gasteiger partial charge is 0.416 e. The predicted octanol–water partition coefficient (Wildman–Crippen LogP) is 4.13. The molecule has 0 amide bonds. The van der Waals surface area contributed by atoms with Gasteiger partial charge in [0.05, 0.1) is 5.56 Å². The van der Waals surface area contributed by atoms with Crippen molar-refractivity contribution >= 4 is 0 Å². The fourth-order valence-corrected chi connectivity index (χ4v) is 2.05. The molecule has 0 bridgehead atoms. The molecule has 0 aliphatic carbocycles. The Morgan fingerprint density at radius 2 is 1.60 bits per heavy atom. The standard InChI is InChI=1S/C16H16F3N/c1-20-9-8-12-4-2-5-13(10-12)14-6-3-7-15(11-14)16(17,18)19/h2-7,10-11,20H,8-9H2,1H3. The first-order valence-electron chi connectivity index (χ1n) is 6.42. The van der Waals surface area contributed by atoms with Crippen LogP contribution in [-0.4, -0.2) is 13.6 Å². The van der Waals surface area contributed by atoms with E-state index in [1.165, 1.54) is 12.1 Å². The van der Waals surface area contributed by atoms with Crippen LogP contribution < -0.4 is 5.32 Å². The molecule has 1 nitrogen and oxygen atoms in total. The van der Waals surface area contributed by atoms with E-state index in [0.29, 0.717) is 5.56 Å². The van der Waals surface area contributed by atoms with Gasteiger partial charge in [-0.1, -0.05) is 36.4 Å². The van der Waals surface area contributed by atoms with Gasteiger partial charge in [0.25, 0.3) is 0 Å². The van der Waals surface area contributed by atoms with Crippen molar-refractivity contribution in [3.8, 4) is 11.1 Å². The molecular weight excluding hydrogens is 263 g/mol. The first-order chi connectivity index (χ1) is 9.50. The third-order valence-electron chi connectivity index (χ3n) is 3.11. The molecule has 0 saturated carbocycles. The van der Waals surface area contributed by atoms with Crippen LogP contribution in [0.15, 0.2) is 48.5 Å². The van der Waals surface area contributed by atoms with E-state index in [-0.39, 0.29) is 0 Å². The molecule has 0 spiro atoms. The summed E-state index contributed by atoms with van der Waals surface area (Å²) in [6.45, 7) is 0.839. The second-order valence-electron chi connectivity index (χ2n) is 4.63. The van der Waals surface area contributed by atoms with Crippen LogP contribution >= 0.6 is 0 Å². The summed E-state index contributed by atoms with van der Waals surface area (Å²) < 4.78 is 38.2. The highest BCUT2D eigenvalue weighted by atomic mass is 19.4. The van der Waals surface area contributed by atoms with Crippen molar-refractivity contribution in [2.75, 3.05) is 13.6 Å². The average molecular weight is 279 g/mol. The van der Waals surface area contributed by atoms with E-state index in [2.05, 4.69) is 5.32 Å². The van der Waals surface area contributed by atoms with E-state index < -0.39 is 11.7 Å². The van der Waals surface area contributed by atoms with Crippen molar-refractivity contribution in [1.29, 1.82) is 0 Å². The first-order valence-corrected chi connectivity index (χ1v) is 6.42. The van der Waals surface area contributed by atoms with Crippen molar-refractivity contribution < 1.29 is 13.2 Å². The summed E-state index contributed by atoms with van der Waals surface area (Å²) in [6, 6.07) is 13.1. The SMILES string of the molecule is CNCCc1cccc(-c2cccc(C(F)(F)F)c2)c1. The Hall–Kier alpha value is -1.81. The van der Waals surface area contributed by atoms with Crippen LogP contribution in [0.5, 0.6) is 0 Å². The zero-order chi connectivity index (χ0) is 14.6. The number of likely N-dealkylation sites (N-methyl/N-ethyl adjacent to an activating group) is 1. The summed E-state index contributed by atoms with van der Waals surface area (Å²) in [7, 11) is 1.87. The van der Waals surface area contributed by atoms with Crippen molar-refractivity contribution in [1.82, 2.24) is 5.32 Å². The molecule has 2 aromatic rings. The smallest absolute Gasteiger partial charge is 0.319 e. The van der Waals surface area contributed by atoms with Gasteiger partial charge in [-0.15, -0.1) is 0 Å². The molecule has 0 aromatic heterocycles. The number of alkyl halides is 3. The molecule has 0 fully saturated rings. The Morgan fingerprint density at radius 3 is 2.25 bits per heavy atom. The molecule has 0 saturated heterocycles. The summed E-state index contributed by atoms with van der Waals surface area (Å²) in [6.07, 6.45) is -3.46. The summed E-state index contributed by atoms with van der Waals surface area (Å²) >= 11 is 0. The zero-order valence-electron chi connectivity index (χ0n) is 11.2. The monoisotopic (exact) mass is 279 g/mol. The quantitative estimate of drug-likeness (QED) is 0.887. The predicted molar refractivity (Wildman–Crippen MR) is 74.5 cm³/mol. The molecular formula is C16H16F3N. The van der Waals surface area contributed by atoms with Crippen LogP contribution in [-0.2, 0) is 12.6 Å². The molecule has 0 aliphatic rings. The second kappa shape index (κ2) is 6.09. The lowest BCUT2D eigenvalue weighted by molar-refractivity contribution is -0.137. The van der Waals surface area contributed by atoms with E-state index in [9.17, 15) is 13.2 Å². The lowest BCUT2D eigenvalue weighted by Gasteiger charge is -2.10. The van der Waals surface area contributed by atoms with Crippen LogP contribution in [0.4, 0.5) is 13.2 Å². The van der Waals surface area contributed by atoms with Gasteiger partial charge in [0.2, 0.25) is 0 Å². The maximum Gasteiger partial charge on any atom is 0.416 e. The highest BCUT2D eigenvalue weighted by molar-refractivity contribution is 5.65. The van der Waals surface area contributed by atoms with E-state index in [4.69, 9.17) is 0 Å². The van der Waals surface area contributed by atoms with Crippen LogP contribution in [0, 0.1) is 0 Å². The Labute approximate surface area is 116 Å². The summed E-state index contributed by atoms with van der Waals surface area (Å²) in [5.74, 6) is 0. The van der Waals surface area contributed by atoms with Gasteiger partial charge < -0.3 is 5.32 Å². The highest BCUT2D eigenvalue weighted by Gasteiger charge is 2.30. The summed E-state index contributed by atoms with van der Waals surface area (Å²) in [5.41, 5.74) is 1.89. The van der Waals surface area contributed by atoms with Gasteiger partial charge in [-0.3, -0.25) is 0 Å². The maximum absolute atomic E-state index is 12.7. The topological polar surface area (TPSA) is 12.0 Å². The van der Waals surface area contributed by atoms with E-state index in [0.717, 1.165) is 30.2 Å². The molecule has 0 heterocycles. The van der Waals surface area contributed by atoms with Crippen LogP contribution in [0.3, 0.4) is 0 Å². The normalized spacial score (nSPS) is 11.6. The molecule has 4 heteroatoms. The molecule has 20 heavy (non-hydrogen) atoms. The van der Waals surface area contributed by atoms with E-state index >= 15 is 0 Å². The Bertz CT molecular complexity index is 576. The fourth-order valence-electron chi connectivity index (χ4n) is 2.05. The van der Waals surface area contributed by atoms with Gasteiger partial charge in [0.1, 0.15) is 0 Å². The number of halogens is 3. The third-order valence-corrected chi connectivity index (χ3v) is 3.11. The third kappa shape index (κ3) is 3.61. The minimum Gasteiger partial charge on any atom is -0.319 e. The molecule has 0 unspecified atom stereocenters. The number of nitrogens with one attached hydrogen (secondary N) is 1. The minimum absolute atomic E-state index is 0.589. The van der Waals surface area contributed by atoms with Gasteiger partial charge in [0, 0.05) is 0 Å². The van der Waals surface area contributed by atoms with Gasteiger partial charge in [-0.25, -0.2) is 0 Å².